The fourth-order valence-electron chi connectivity index (χ4n) is 9.48. The summed E-state index contributed by atoms with van der Waals surface area (Å²) in [6.07, 6.45) is 0. The van der Waals surface area contributed by atoms with Crippen LogP contribution in [0.2, 0.25) is 0 Å². The van der Waals surface area contributed by atoms with Crippen molar-refractivity contribution in [2.75, 3.05) is 0 Å². The van der Waals surface area contributed by atoms with E-state index in [2.05, 4.69) is 69.9 Å². The average molecular weight is 969 g/mol. The number of rotatable bonds is 8. The summed E-state index contributed by atoms with van der Waals surface area (Å²) < 4.78 is 9.09. The smallest absolute Gasteiger partial charge is 0.335 e. The van der Waals surface area contributed by atoms with Gasteiger partial charge in [-0.15, -0.1) is 0 Å². The summed E-state index contributed by atoms with van der Waals surface area (Å²) in [6, 6.07) is 61.8. The van der Waals surface area contributed by atoms with Crippen LogP contribution in [0.1, 0.15) is 85.9 Å². The molecule has 8 aromatic carbocycles. The predicted octanol–water partition coefficient (Wildman–Crippen LogP) is 13.3. The van der Waals surface area contributed by atoms with Crippen molar-refractivity contribution in [3.8, 4) is 22.3 Å². The minimum atomic E-state index is -1.67. The van der Waals surface area contributed by atoms with Gasteiger partial charge in [0.05, 0.1) is 22.0 Å². The number of carboxylic acids is 2. The summed E-state index contributed by atoms with van der Waals surface area (Å²) in [6.45, 7) is 0. The third kappa shape index (κ3) is 8.16. The molecule has 0 aliphatic heterocycles. The highest BCUT2D eigenvalue weighted by atomic mass is 36.0. The lowest BCUT2D eigenvalue weighted by atomic mass is 9.67. The number of carbonyl (C=O) groups is 4. The van der Waals surface area contributed by atoms with E-state index >= 15 is 0 Å². The summed E-state index contributed by atoms with van der Waals surface area (Å²) in [5.41, 5.74) is 12.9. The zero-order chi connectivity index (χ0) is 46.8. The summed E-state index contributed by atoms with van der Waals surface area (Å²) in [4.78, 5) is 46.1. The van der Waals surface area contributed by atoms with Crippen LogP contribution in [0.5, 0.6) is 0 Å². The van der Waals surface area contributed by atoms with Gasteiger partial charge in [-0.1, -0.05) is 146 Å². The first-order chi connectivity index (χ1) is 31.8. The number of benzene rings is 8. The highest BCUT2D eigenvalue weighted by Gasteiger charge is 2.47. The van der Waals surface area contributed by atoms with Gasteiger partial charge in [0.2, 0.25) is 9.23 Å². The minimum Gasteiger partial charge on any atom is -0.478 e. The molecule has 2 aliphatic rings. The highest BCUT2D eigenvalue weighted by Crippen LogP contribution is 2.57. The molecule has 0 atom stereocenters. The minimum absolute atomic E-state index is 0.222. The van der Waals surface area contributed by atoms with Crippen LogP contribution in [0.4, 0.5) is 0 Å². The van der Waals surface area contributed by atoms with E-state index in [-0.39, 0.29) is 11.1 Å². The third-order valence-electron chi connectivity index (χ3n) is 12.1. The van der Waals surface area contributed by atoms with Crippen LogP contribution >= 0.6 is 44.6 Å². The molecule has 10 rings (SSSR count). The second-order valence-corrected chi connectivity index (χ2v) is 18.5. The number of fused-ring (bicyclic) bond motifs is 6. The molecule has 0 fully saturated rings. The van der Waals surface area contributed by atoms with E-state index in [0.29, 0.717) is 11.1 Å². The number of carboxylic acid groups (broad SMARTS) is 2. The molecule has 8 aromatic rings. The first-order valence-electron chi connectivity index (χ1n) is 20.2. The maximum atomic E-state index is 11.6. The van der Waals surface area contributed by atoms with E-state index < -0.39 is 42.5 Å². The summed E-state index contributed by atoms with van der Waals surface area (Å²) >= 11 is 11.4. The zero-order valence-corrected chi connectivity index (χ0v) is 38.2. The molecular weight excluding hydrogens is 934 g/mol. The zero-order valence-electron chi connectivity index (χ0n) is 34.3. The number of hydrogen-bond acceptors (Lipinski definition) is 5. The molecule has 0 bridgehead atoms. The average Bonchev–Trinajstić information content (AvgIpc) is 3.80. The third-order valence-corrected chi connectivity index (χ3v) is 12.6. The van der Waals surface area contributed by atoms with Crippen molar-refractivity contribution in [2.45, 2.75) is 10.8 Å². The van der Waals surface area contributed by atoms with Crippen molar-refractivity contribution < 1.29 is 33.6 Å². The lowest BCUT2D eigenvalue weighted by molar-refractivity contribution is 0.0686. The molecule has 12 heteroatoms. The van der Waals surface area contributed by atoms with Gasteiger partial charge in [-0.3, -0.25) is 9.59 Å². The van der Waals surface area contributed by atoms with Gasteiger partial charge in [0.15, 0.2) is 0 Å². The molecule has 2 N–H and O–H groups in total. The molecule has 2 aliphatic carbocycles. The molecule has 0 amide bonds. The van der Waals surface area contributed by atoms with Gasteiger partial charge >= 0.3 is 11.9 Å². The first kappa shape index (κ1) is 45.9. The molecule has 0 saturated carbocycles. The van der Waals surface area contributed by atoms with Crippen molar-refractivity contribution in [3.63, 3.8) is 0 Å². The molecule has 0 heterocycles. The Morgan fingerprint density at radius 2 is 0.545 bits per heavy atom. The van der Waals surface area contributed by atoms with Gasteiger partial charge < -0.3 is 10.2 Å². The summed E-state index contributed by atoms with van der Waals surface area (Å²) in [7, 11) is 7.36. The lowest BCUT2D eigenvalue weighted by Gasteiger charge is -2.34. The van der Waals surface area contributed by atoms with E-state index in [1.807, 2.05) is 97.1 Å². The molecule has 66 heavy (non-hydrogen) atoms. The molecule has 0 saturated heterocycles. The summed E-state index contributed by atoms with van der Waals surface area (Å²) in [5.74, 6) is -1.95. The van der Waals surface area contributed by atoms with Gasteiger partial charge in [0, 0.05) is 32.5 Å². The maximum Gasteiger partial charge on any atom is 0.335 e. The second kappa shape index (κ2) is 19.1. The molecule has 0 unspecified atom stereocenters. The van der Waals surface area contributed by atoms with Gasteiger partial charge in [-0.2, -0.15) is 0 Å². The predicted molar refractivity (Wildman–Crippen MR) is 262 cm³/mol. The molecule has 326 valence electrons. The number of hydrogen-bond donors (Lipinski definition) is 2. The Morgan fingerprint density at radius 1 is 0.348 bits per heavy atom. The first-order valence-corrected chi connectivity index (χ1v) is 23.8. The van der Waals surface area contributed by atoms with Crippen molar-refractivity contribution in [3.05, 3.63) is 261 Å². The Hall–Kier alpha value is -6.65. The normalized spacial score (nSPS) is 13.0. The van der Waals surface area contributed by atoms with Crippen LogP contribution in [-0.2, 0) is 20.1 Å². The fourth-order valence-corrected chi connectivity index (χ4v) is 9.73. The number of aromatic carboxylic acids is 2. The molecule has 0 radical (unpaired) electrons. The Bertz CT molecular complexity index is 2760. The van der Waals surface area contributed by atoms with E-state index in [1.54, 1.807) is 48.5 Å². The molecule has 0 aromatic heterocycles. The standard InChI is InChI=1S/C27H16Cl2O2.C27H18O4.Cl2OS/c28-25(30)17-9-13-19(14-10-17)27(20-15-11-18(12-16-20)26(29)31)23-7-3-1-5-21(23)22-6-2-4-8-24(22)27;28-25(29)17-9-13-19(14-10-17)27(20-15-11-18(12-16-20)26(30)31)23-7-3-1-5-21(23)22-6-2-4-8-24(22)27;1-4(2)3/h1-16H;1-16H,(H,28,29)(H,30,31);. The van der Waals surface area contributed by atoms with Crippen LogP contribution in [0, 0.1) is 0 Å². The van der Waals surface area contributed by atoms with Gasteiger partial charge in [-0.05, 0) is 138 Å². The fraction of sp³-hybridized carbons (Fsp3) is 0.0370. The number of halogens is 4. The Morgan fingerprint density at radius 3 is 0.742 bits per heavy atom. The van der Waals surface area contributed by atoms with E-state index in [1.165, 1.54) is 0 Å². The van der Waals surface area contributed by atoms with E-state index in [4.69, 9.17) is 27.4 Å². The summed E-state index contributed by atoms with van der Waals surface area (Å²) in [5, 5.41) is 17.8. The molecular formula is C54H34Cl4O7S. The van der Waals surface area contributed by atoms with Crippen LogP contribution in [0.15, 0.2) is 194 Å². The quantitative estimate of drug-likeness (QED) is 0.145. The van der Waals surface area contributed by atoms with Crippen molar-refractivity contribution >= 4 is 76.2 Å². The Balaban J connectivity index is 0.000000166. The highest BCUT2D eigenvalue weighted by molar-refractivity contribution is 8.26. The maximum absolute atomic E-state index is 11.6. The van der Waals surface area contributed by atoms with Gasteiger partial charge in [0.1, 0.15) is 0 Å². The monoisotopic (exact) mass is 966 g/mol. The Labute approximate surface area is 401 Å². The largest absolute Gasteiger partial charge is 0.478 e. The SMILES string of the molecule is O=C(Cl)c1ccc(C2(c3ccc(C(=O)Cl)cc3)c3ccccc3-c3ccccc32)cc1.O=C(O)c1ccc(C2(c3ccc(C(=O)O)cc3)c3ccccc3-c3ccccc32)cc1.O=S(Cl)Cl. The van der Waals surface area contributed by atoms with Crippen LogP contribution in [0.3, 0.4) is 0 Å². The Kier molecular flexibility index (Phi) is 13.3. The molecule has 0 spiro atoms. The number of carbonyl (C=O) groups excluding carboxylic acids is 2. The topological polar surface area (TPSA) is 126 Å². The van der Waals surface area contributed by atoms with E-state index in [9.17, 15) is 29.4 Å². The second-order valence-electron chi connectivity index (χ2n) is 15.3. The van der Waals surface area contributed by atoms with Crippen LogP contribution in [0.25, 0.3) is 22.3 Å². The van der Waals surface area contributed by atoms with Gasteiger partial charge in [0.25, 0.3) is 10.5 Å². The van der Waals surface area contributed by atoms with Crippen LogP contribution < -0.4 is 0 Å². The molecule has 7 nitrogen and oxygen atoms in total. The van der Waals surface area contributed by atoms with Crippen molar-refractivity contribution in [2.24, 2.45) is 0 Å². The lowest BCUT2D eigenvalue weighted by Crippen LogP contribution is -2.28. The van der Waals surface area contributed by atoms with E-state index in [0.717, 1.165) is 66.8 Å². The van der Waals surface area contributed by atoms with Crippen molar-refractivity contribution in [1.82, 2.24) is 0 Å². The van der Waals surface area contributed by atoms with Crippen molar-refractivity contribution in [1.29, 1.82) is 0 Å². The van der Waals surface area contributed by atoms with Crippen LogP contribution in [-0.4, -0.2) is 36.8 Å². The van der Waals surface area contributed by atoms with Gasteiger partial charge in [-0.25, -0.2) is 13.8 Å².